The van der Waals surface area contributed by atoms with E-state index >= 15 is 0 Å². The number of unbranched alkanes of at least 4 members (excludes halogenated alkanes) is 3. The second kappa shape index (κ2) is 31.0. The lowest BCUT2D eigenvalue weighted by Crippen LogP contribution is -2.44. The molecule has 3 atom stereocenters. The molecule has 0 saturated carbocycles. The van der Waals surface area contributed by atoms with Crippen molar-refractivity contribution in [2.24, 2.45) is 17.2 Å². The minimum atomic E-state index is -5.08. The monoisotopic (exact) mass is 1220 g/mol. The van der Waals surface area contributed by atoms with Crippen molar-refractivity contribution in [2.75, 3.05) is 35.6 Å². The van der Waals surface area contributed by atoms with Crippen LogP contribution >= 0.6 is 0 Å². The van der Waals surface area contributed by atoms with Gasteiger partial charge in [0.25, 0.3) is 17.7 Å². The number of carbonyl (C=O) groups is 7. The van der Waals surface area contributed by atoms with E-state index in [4.69, 9.17) is 27.1 Å². The van der Waals surface area contributed by atoms with Crippen LogP contribution in [-0.2, 0) is 19.2 Å². The molecule has 9 rings (SSSR count). The lowest BCUT2D eigenvalue weighted by atomic mass is 9.85. The molecule has 0 aliphatic carbocycles. The fourth-order valence-corrected chi connectivity index (χ4v) is 10.4. The zero-order valence-electron chi connectivity index (χ0n) is 48.6. The number of nitrogens with two attached hydrogens (primary N) is 3. The molecule has 0 unspecified atom stereocenters. The molecule has 464 valence electrons. The van der Waals surface area contributed by atoms with Crippen molar-refractivity contribution in [3.05, 3.63) is 198 Å². The number of aliphatic carboxylic acids is 1. The van der Waals surface area contributed by atoms with Crippen LogP contribution in [0, 0.1) is 0 Å². The van der Waals surface area contributed by atoms with Gasteiger partial charge in [-0.2, -0.15) is 13.2 Å². The number of carbonyl (C=O) groups excluding carboxylic acids is 6. The number of fused-ring (bicyclic) bond motifs is 3. The van der Waals surface area contributed by atoms with Gasteiger partial charge in [-0.05, 0) is 167 Å². The number of benzene rings is 6. The molecular weight excluding hydrogens is 1150 g/mol. The SMILES string of the molecule is NCCCC[C@@H](NC(=O)c1cccc2cc[nH]c12)C(=O)Nc1ccc(C(c2ccc(NC(=O)[C@@H](CCCCN)NC(=O)c3cccc4cc[nH]c34)cc2)c2ccc(NC(=O)[C@@H](CCCCN)NC(=O)c3cccc4cc[nH]c34)cc2)cc1.O=C(O)C(F)(F)F. The topological polar surface area (TPSA) is 337 Å². The maximum absolute atomic E-state index is 14.0. The predicted octanol–water partition coefficient (Wildman–Crippen LogP) is 9.54. The number of rotatable bonds is 27. The number of anilines is 3. The molecule has 9 aromatic rings. The van der Waals surface area contributed by atoms with Crippen LogP contribution in [0.2, 0.25) is 0 Å². The number of H-pyrrole nitrogens is 3. The minimum absolute atomic E-state index is 0.373. The summed E-state index contributed by atoms with van der Waals surface area (Å²) in [7, 11) is 0. The maximum Gasteiger partial charge on any atom is 0.490 e. The van der Waals surface area contributed by atoms with E-state index in [1.54, 1.807) is 55.0 Å². The van der Waals surface area contributed by atoms with Crippen LogP contribution in [0.25, 0.3) is 32.7 Å². The predicted molar refractivity (Wildman–Crippen MR) is 337 cm³/mol. The second-order valence-corrected chi connectivity index (χ2v) is 21.2. The normalized spacial score (nSPS) is 12.3. The summed E-state index contributed by atoms with van der Waals surface area (Å²) in [5, 5.41) is 27.7. The highest BCUT2D eigenvalue weighted by Gasteiger charge is 2.38. The summed E-state index contributed by atoms with van der Waals surface area (Å²) in [5.74, 6) is -5.39. The van der Waals surface area contributed by atoms with E-state index in [2.05, 4.69) is 46.9 Å². The van der Waals surface area contributed by atoms with E-state index in [1.807, 2.05) is 109 Å². The van der Waals surface area contributed by atoms with Crippen molar-refractivity contribution < 1.29 is 51.8 Å². The van der Waals surface area contributed by atoms with Gasteiger partial charge in [-0.25, -0.2) is 4.79 Å². The molecule has 6 amide bonds. The highest BCUT2D eigenvalue weighted by Crippen LogP contribution is 2.35. The Kier molecular flexibility index (Phi) is 22.6. The third kappa shape index (κ3) is 17.3. The van der Waals surface area contributed by atoms with Crippen LogP contribution < -0.4 is 49.1 Å². The largest absolute Gasteiger partial charge is 0.490 e. The summed E-state index contributed by atoms with van der Waals surface area (Å²) in [4.78, 5) is 101. The number of aromatic amines is 3. The van der Waals surface area contributed by atoms with E-state index < -0.39 is 36.2 Å². The van der Waals surface area contributed by atoms with Gasteiger partial charge in [0.1, 0.15) is 18.1 Å². The molecular formula is C66H71F3N12O8. The summed E-state index contributed by atoms with van der Waals surface area (Å²) in [6.07, 6.45) is 5.30. The van der Waals surface area contributed by atoms with Crippen molar-refractivity contribution in [3.63, 3.8) is 0 Å². The molecule has 0 aliphatic heterocycles. The highest BCUT2D eigenvalue weighted by molar-refractivity contribution is 6.10. The molecule has 20 nitrogen and oxygen atoms in total. The van der Waals surface area contributed by atoms with Gasteiger partial charge in [0.2, 0.25) is 17.7 Å². The van der Waals surface area contributed by atoms with Crippen molar-refractivity contribution in [1.82, 2.24) is 30.9 Å². The first-order valence-corrected chi connectivity index (χ1v) is 29.2. The van der Waals surface area contributed by atoms with Gasteiger partial charge in [0, 0.05) is 57.7 Å². The van der Waals surface area contributed by atoms with Crippen molar-refractivity contribution in [1.29, 1.82) is 0 Å². The van der Waals surface area contributed by atoms with Crippen LogP contribution in [0.3, 0.4) is 0 Å². The van der Waals surface area contributed by atoms with E-state index in [-0.39, 0.29) is 35.4 Å². The average molecular weight is 1220 g/mol. The Labute approximate surface area is 510 Å². The van der Waals surface area contributed by atoms with Crippen molar-refractivity contribution >= 4 is 91.2 Å². The molecule has 16 N–H and O–H groups in total. The standard InChI is InChI=1S/C64H70N12O6.C2HF3O2/c65-34-4-1-16-52(74-59(77)49-13-7-10-43-31-37-68-56(43)49)62(80)71-46-25-19-40(20-26-46)55(41-21-27-47(28-22-41)72-63(81)53(17-2-5-35-66)75-60(78)50-14-8-11-44-32-38-69-57(44)50)42-23-29-48(30-24-42)73-64(82)54(18-3-6-36-67)76-61(79)51-15-9-12-45-33-39-70-58(45)51;3-2(4,5)1(6)7/h7-15,19-33,37-39,52-55,68-70H,1-6,16-18,34-36,65-67H2,(H,71,80)(H,72,81)(H,73,82)(H,74,77)(H,75,78)(H,76,79);(H,6,7)/t52-,53-,54-;/m1./s1. The first kappa shape index (κ1) is 64.9. The zero-order valence-corrected chi connectivity index (χ0v) is 48.6. The molecule has 23 heteroatoms. The Morgan fingerprint density at radius 2 is 0.674 bits per heavy atom. The van der Waals surface area contributed by atoms with Crippen molar-refractivity contribution in [3.8, 4) is 0 Å². The van der Waals surface area contributed by atoms with Gasteiger partial charge in [0.05, 0.1) is 33.2 Å². The summed E-state index contributed by atoms with van der Waals surface area (Å²) >= 11 is 0. The number of hydrogen-bond acceptors (Lipinski definition) is 10. The van der Waals surface area contributed by atoms with Gasteiger partial charge >= 0.3 is 12.1 Å². The number of alkyl halides is 3. The van der Waals surface area contributed by atoms with Gasteiger partial charge < -0.3 is 69.2 Å². The van der Waals surface area contributed by atoms with E-state index in [1.165, 1.54) is 0 Å². The summed E-state index contributed by atoms with van der Waals surface area (Å²) < 4.78 is 31.7. The van der Waals surface area contributed by atoms with Gasteiger partial charge in [-0.15, -0.1) is 0 Å². The summed E-state index contributed by atoms with van der Waals surface area (Å²) in [6.45, 7) is 1.35. The molecule has 0 saturated heterocycles. The van der Waals surface area contributed by atoms with Crippen LogP contribution in [0.15, 0.2) is 164 Å². The fourth-order valence-electron chi connectivity index (χ4n) is 10.4. The van der Waals surface area contributed by atoms with E-state index in [0.29, 0.717) is 128 Å². The van der Waals surface area contributed by atoms with Crippen LogP contribution in [0.4, 0.5) is 30.2 Å². The fraction of sp³-hybridized carbons (Fsp3) is 0.258. The van der Waals surface area contributed by atoms with E-state index in [0.717, 1.165) is 32.8 Å². The number of aromatic nitrogens is 3. The van der Waals surface area contributed by atoms with Gasteiger partial charge in [-0.1, -0.05) is 72.8 Å². The number of halogens is 3. The smallest absolute Gasteiger partial charge is 0.475 e. The quantitative estimate of drug-likeness (QED) is 0.0170. The molecule has 0 bridgehead atoms. The number of hydrogen-bond donors (Lipinski definition) is 13. The summed E-state index contributed by atoms with van der Waals surface area (Å²) in [6, 6.07) is 41.8. The highest BCUT2D eigenvalue weighted by atomic mass is 19.4. The average Bonchev–Trinajstić information content (AvgIpc) is 3.29. The lowest BCUT2D eigenvalue weighted by molar-refractivity contribution is -0.192. The van der Waals surface area contributed by atoms with Crippen LogP contribution in [-0.4, -0.2) is 105 Å². The molecule has 3 aromatic heterocycles. The molecule has 89 heavy (non-hydrogen) atoms. The molecule has 3 heterocycles. The molecule has 0 radical (unpaired) electrons. The van der Waals surface area contributed by atoms with Gasteiger partial charge in [-0.3, -0.25) is 28.8 Å². The third-order valence-corrected chi connectivity index (χ3v) is 15.0. The first-order valence-electron chi connectivity index (χ1n) is 29.2. The Bertz CT molecular complexity index is 3500. The number of nitrogens with one attached hydrogen (secondary N) is 9. The molecule has 6 aromatic carbocycles. The Balaban J connectivity index is 0.00000138. The molecule has 0 aliphatic rings. The lowest BCUT2D eigenvalue weighted by Gasteiger charge is -2.22. The minimum Gasteiger partial charge on any atom is -0.475 e. The number of amides is 6. The number of carboxylic acid groups (broad SMARTS) is 1. The number of para-hydroxylation sites is 3. The van der Waals surface area contributed by atoms with Crippen LogP contribution in [0.5, 0.6) is 0 Å². The second-order valence-electron chi connectivity index (χ2n) is 21.2. The first-order chi connectivity index (χ1) is 43.0. The van der Waals surface area contributed by atoms with E-state index in [9.17, 15) is 41.9 Å². The number of carboxylic acids is 1. The Morgan fingerprint density at radius 1 is 0.404 bits per heavy atom. The van der Waals surface area contributed by atoms with Crippen LogP contribution in [0.1, 0.15) is 111 Å². The summed E-state index contributed by atoms with van der Waals surface area (Å²) in [5.41, 5.74) is 24.9. The Morgan fingerprint density at radius 3 is 0.921 bits per heavy atom. The zero-order chi connectivity index (χ0) is 63.5. The van der Waals surface area contributed by atoms with Gasteiger partial charge in [0.15, 0.2) is 0 Å². The van der Waals surface area contributed by atoms with Crippen molar-refractivity contribution in [2.45, 2.75) is 88.0 Å². The molecule has 0 fully saturated rings. The molecule has 0 spiro atoms. The Hall–Kier alpha value is -10.1. The third-order valence-electron chi connectivity index (χ3n) is 15.0. The maximum atomic E-state index is 14.0.